The quantitative estimate of drug-likeness (QED) is 0.851. The molecule has 0 saturated carbocycles. The predicted molar refractivity (Wildman–Crippen MR) is 64.9 cm³/mol. The summed E-state index contributed by atoms with van der Waals surface area (Å²) < 4.78 is 0. The van der Waals surface area contributed by atoms with E-state index >= 15 is 0 Å². The molecule has 3 nitrogen and oxygen atoms in total. The van der Waals surface area contributed by atoms with Crippen molar-refractivity contribution in [3.8, 4) is 0 Å². The normalized spacial score (nSPS) is 13.2. The lowest BCUT2D eigenvalue weighted by Crippen LogP contribution is -2.29. The molecule has 1 unspecified atom stereocenters. The molecular formula is C13H20N2O. The Labute approximate surface area is 97.3 Å². The van der Waals surface area contributed by atoms with Crippen LogP contribution < -0.4 is 5.32 Å². The van der Waals surface area contributed by atoms with E-state index in [0.717, 1.165) is 5.56 Å². The standard InChI is InChI=1S/C13H20N2O/c1-10(11-6-5-7-14-9-11)15-12(16)8-13(2,3)4/h5-7,9-10H,8H2,1-4H3,(H,15,16). The van der Waals surface area contributed by atoms with E-state index in [0.29, 0.717) is 6.42 Å². The molecule has 3 heteroatoms. The molecule has 1 atom stereocenters. The Morgan fingerprint density at radius 3 is 2.69 bits per heavy atom. The van der Waals surface area contributed by atoms with Gasteiger partial charge in [0.2, 0.25) is 5.91 Å². The molecule has 1 amide bonds. The fourth-order valence-electron chi connectivity index (χ4n) is 1.49. The third-order valence-electron chi connectivity index (χ3n) is 2.25. The highest BCUT2D eigenvalue weighted by Crippen LogP contribution is 2.19. The third kappa shape index (κ3) is 4.43. The van der Waals surface area contributed by atoms with Crippen molar-refractivity contribution in [1.29, 1.82) is 0 Å². The van der Waals surface area contributed by atoms with Crippen LogP contribution in [0.3, 0.4) is 0 Å². The minimum atomic E-state index is 0.0172. The number of hydrogen-bond donors (Lipinski definition) is 1. The zero-order valence-electron chi connectivity index (χ0n) is 10.4. The van der Waals surface area contributed by atoms with E-state index in [2.05, 4.69) is 31.1 Å². The Kier molecular flexibility index (Phi) is 4.05. The molecular weight excluding hydrogens is 200 g/mol. The minimum Gasteiger partial charge on any atom is -0.350 e. The molecule has 16 heavy (non-hydrogen) atoms. The molecule has 0 fully saturated rings. The number of hydrogen-bond acceptors (Lipinski definition) is 2. The van der Waals surface area contributed by atoms with Gasteiger partial charge in [-0.25, -0.2) is 0 Å². The van der Waals surface area contributed by atoms with Crippen molar-refractivity contribution >= 4 is 5.91 Å². The first-order chi connectivity index (χ1) is 7.38. The summed E-state index contributed by atoms with van der Waals surface area (Å²) in [6.07, 6.45) is 4.05. The molecule has 1 rings (SSSR count). The second-order valence-corrected chi connectivity index (χ2v) is 5.31. The largest absolute Gasteiger partial charge is 0.350 e. The second kappa shape index (κ2) is 5.10. The Hall–Kier alpha value is -1.38. The summed E-state index contributed by atoms with van der Waals surface area (Å²) in [6, 6.07) is 3.86. The van der Waals surface area contributed by atoms with Crippen molar-refractivity contribution in [3.05, 3.63) is 30.1 Å². The lowest BCUT2D eigenvalue weighted by molar-refractivity contribution is -0.123. The van der Waals surface area contributed by atoms with E-state index in [-0.39, 0.29) is 17.4 Å². The second-order valence-electron chi connectivity index (χ2n) is 5.31. The van der Waals surface area contributed by atoms with Gasteiger partial charge in [0, 0.05) is 18.8 Å². The van der Waals surface area contributed by atoms with E-state index < -0.39 is 0 Å². The van der Waals surface area contributed by atoms with Crippen molar-refractivity contribution in [2.45, 2.75) is 40.2 Å². The number of aromatic nitrogens is 1. The van der Waals surface area contributed by atoms with Gasteiger partial charge < -0.3 is 5.32 Å². The van der Waals surface area contributed by atoms with Gasteiger partial charge in [-0.3, -0.25) is 9.78 Å². The van der Waals surface area contributed by atoms with Gasteiger partial charge in [0.05, 0.1) is 6.04 Å². The predicted octanol–water partition coefficient (Wildman–Crippen LogP) is 2.70. The summed E-state index contributed by atoms with van der Waals surface area (Å²) in [6.45, 7) is 8.14. The van der Waals surface area contributed by atoms with Crippen molar-refractivity contribution < 1.29 is 4.79 Å². The topological polar surface area (TPSA) is 42.0 Å². The van der Waals surface area contributed by atoms with Crippen LogP contribution in [0.4, 0.5) is 0 Å². The van der Waals surface area contributed by atoms with Crippen molar-refractivity contribution in [3.63, 3.8) is 0 Å². The third-order valence-corrected chi connectivity index (χ3v) is 2.25. The van der Waals surface area contributed by atoms with E-state index in [4.69, 9.17) is 0 Å². The molecule has 1 N–H and O–H groups in total. The number of carbonyl (C=O) groups excluding carboxylic acids is 1. The van der Waals surface area contributed by atoms with E-state index in [1.165, 1.54) is 0 Å². The van der Waals surface area contributed by atoms with Crippen LogP contribution in [-0.4, -0.2) is 10.9 Å². The van der Waals surface area contributed by atoms with Gasteiger partial charge in [-0.15, -0.1) is 0 Å². The monoisotopic (exact) mass is 220 g/mol. The Balaban J connectivity index is 2.52. The number of pyridine rings is 1. The summed E-state index contributed by atoms with van der Waals surface area (Å²) in [5, 5.41) is 2.97. The SMILES string of the molecule is CC(NC(=O)CC(C)(C)C)c1cccnc1. The molecule has 0 saturated heterocycles. The summed E-state index contributed by atoms with van der Waals surface area (Å²) in [7, 11) is 0. The molecule has 0 spiro atoms. The molecule has 0 aliphatic heterocycles. The minimum absolute atomic E-state index is 0.0172. The van der Waals surface area contributed by atoms with Gasteiger partial charge in [0.15, 0.2) is 0 Å². The number of amides is 1. The van der Waals surface area contributed by atoms with Crippen LogP contribution in [-0.2, 0) is 4.79 Å². The summed E-state index contributed by atoms with van der Waals surface area (Å²) in [4.78, 5) is 15.7. The zero-order chi connectivity index (χ0) is 12.2. The summed E-state index contributed by atoms with van der Waals surface area (Å²) in [5.74, 6) is 0.0869. The first-order valence-corrected chi connectivity index (χ1v) is 5.58. The average molecular weight is 220 g/mol. The summed E-state index contributed by atoms with van der Waals surface area (Å²) in [5.41, 5.74) is 1.06. The zero-order valence-corrected chi connectivity index (χ0v) is 10.4. The summed E-state index contributed by atoms with van der Waals surface area (Å²) >= 11 is 0. The van der Waals surface area contributed by atoms with Crippen LogP contribution >= 0.6 is 0 Å². The average Bonchev–Trinajstić information content (AvgIpc) is 2.16. The highest BCUT2D eigenvalue weighted by molar-refractivity contribution is 5.77. The molecule has 1 aromatic heterocycles. The Bertz CT molecular complexity index is 341. The molecule has 0 radical (unpaired) electrons. The van der Waals surface area contributed by atoms with Crippen molar-refractivity contribution in [2.24, 2.45) is 5.41 Å². The van der Waals surface area contributed by atoms with Gasteiger partial charge >= 0.3 is 0 Å². The Morgan fingerprint density at radius 1 is 1.50 bits per heavy atom. The molecule has 0 aliphatic carbocycles. The van der Waals surface area contributed by atoms with Crippen molar-refractivity contribution in [1.82, 2.24) is 10.3 Å². The van der Waals surface area contributed by atoms with Crippen molar-refractivity contribution in [2.75, 3.05) is 0 Å². The molecule has 0 aromatic carbocycles. The van der Waals surface area contributed by atoms with E-state index in [9.17, 15) is 4.79 Å². The Morgan fingerprint density at radius 2 is 2.19 bits per heavy atom. The number of nitrogens with one attached hydrogen (secondary N) is 1. The maximum absolute atomic E-state index is 11.7. The fourth-order valence-corrected chi connectivity index (χ4v) is 1.49. The molecule has 0 aliphatic rings. The maximum Gasteiger partial charge on any atom is 0.220 e. The van der Waals surface area contributed by atoms with Gasteiger partial charge in [-0.05, 0) is 24.0 Å². The molecule has 0 bridgehead atoms. The first-order valence-electron chi connectivity index (χ1n) is 5.58. The van der Waals surface area contributed by atoms with E-state index in [1.54, 1.807) is 12.4 Å². The van der Waals surface area contributed by atoms with Gasteiger partial charge in [0.25, 0.3) is 0 Å². The fraction of sp³-hybridized carbons (Fsp3) is 0.538. The van der Waals surface area contributed by atoms with Gasteiger partial charge in [-0.1, -0.05) is 26.8 Å². The van der Waals surface area contributed by atoms with Gasteiger partial charge in [-0.2, -0.15) is 0 Å². The maximum atomic E-state index is 11.7. The van der Waals surface area contributed by atoms with Crippen LogP contribution in [0.2, 0.25) is 0 Å². The molecule has 88 valence electrons. The number of carbonyl (C=O) groups is 1. The van der Waals surface area contributed by atoms with E-state index in [1.807, 2.05) is 19.1 Å². The first kappa shape index (κ1) is 12.7. The van der Waals surface area contributed by atoms with Crippen LogP contribution in [0.1, 0.15) is 45.7 Å². The lowest BCUT2D eigenvalue weighted by Gasteiger charge is -2.20. The van der Waals surface area contributed by atoms with Crippen LogP contribution in [0.5, 0.6) is 0 Å². The molecule has 1 aromatic rings. The smallest absolute Gasteiger partial charge is 0.220 e. The van der Waals surface area contributed by atoms with Crippen LogP contribution in [0, 0.1) is 5.41 Å². The van der Waals surface area contributed by atoms with Crippen LogP contribution in [0.25, 0.3) is 0 Å². The lowest BCUT2D eigenvalue weighted by atomic mass is 9.92. The van der Waals surface area contributed by atoms with Crippen LogP contribution in [0.15, 0.2) is 24.5 Å². The highest BCUT2D eigenvalue weighted by Gasteiger charge is 2.17. The molecule has 1 heterocycles. The highest BCUT2D eigenvalue weighted by atomic mass is 16.1. The van der Waals surface area contributed by atoms with Gasteiger partial charge in [0.1, 0.15) is 0 Å². The number of nitrogens with zero attached hydrogens (tertiary/aromatic N) is 1. The number of rotatable bonds is 3.